The molecule has 152 valence electrons. The Bertz CT molecular complexity index is 941. The lowest BCUT2D eigenvalue weighted by molar-refractivity contribution is -0.129. The van der Waals surface area contributed by atoms with Gasteiger partial charge in [-0.05, 0) is 54.7 Å². The van der Waals surface area contributed by atoms with E-state index < -0.39 is 5.92 Å². The van der Waals surface area contributed by atoms with E-state index in [0.717, 1.165) is 18.4 Å². The molecule has 1 saturated heterocycles. The molecule has 1 heterocycles. The van der Waals surface area contributed by atoms with E-state index in [1.54, 1.807) is 26.2 Å². The summed E-state index contributed by atoms with van der Waals surface area (Å²) < 4.78 is 19.1. The van der Waals surface area contributed by atoms with Crippen LogP contribution in [0.1, 0.15) is 42.0 Å². The van der Waals surface area contributed by atoms with Gasteiger partial charge in [-0.1, -0.05) is 24.3 Å². The van der Waals surface area contributed by atoms with E-state index in [-0.39, 0.29) is 42.7 Å². The molecule has 1 aliphatic carbocycles. The Morgan fingerprint density at radius 1 is 1.24 bits per heavy atom. The molecule has 0 aromatic heterocycles. The van der Waals surface area contributed by atoms with Gasteiger partial charge in [0.05, 0.1) is 19.1 Å². The zero-order valence-electron chi connectivity index (χ0n) is 16.7. The summed E-state index contributed by atoms with van der Waals surface area (Å²) >= 11 is 0. The van der Waals surface area contributed by atoms with Crippen molar-refractivity contribution in [2.45, 2.75) is 44.8 Å². The van der Waals surface area contributed by atoms with Gasteiger partial charge >= 0.3 is 0 Å². The molecule has 2 aromatic rings. The summed E-state index contributed by atoms with van der Waals surface area (Å²) in [5.41, 5.74) is 2.17. The van der Waals surface area contributed by atoms with E-state index >= 15 is 0 Å². The second kappa shape index (κ2) is 7.85. The summed E-state index contributed by atoms with van der Waals surface area (Å²) in [6, 6.07) is 12.4. The Balaban J connectivity index is 1.55. The minimum Gasteiger partial charge on any atom is -0.497 e. The third-order valence-corrected chi connectivity index (χ3v) is 5.78. The number of carbonyl (C=O) groups excluding carboxylic acids is 2. The summed E-state index contributed by atoms with van der Waals surface area (Å²) in [5.74, 6) is -0.239. The molecule has 0 spiro atoms. The molecule has 2 aromatic carbocycles. The number of carbonyl (C=O) groups is 2. The Morgan fingerprint density at radius 2 is 2.03 bits per heavy atom. The van der Waals surface area contributed by atoms with Crippen LogP contribution in [0.2, 0.25) is 0 Å². The Kier molecular flexibility index (Phi) is 5.26. The molecule has 1 aliphatic heterocycles. The van der Waals surface area contributed by atoms with Crippen molar-refractivity contribution in [1.29, 1.82) is 0 Å². The van der Waals surface area contributed by atoms with Crippen LogP contribution in [0.25, 0.3) is 0 Å². The van der Waals surface area contributed by atoms with Crippen molar-refractivity contribution in [3.05, 3.63) is 65.0 Å². The van der Waals surface area contributed by atoms with Crippen LogP contribution in [0.15, 0.2) is 42.5 Å². The smallest absolute Gasteiger partial charge is 0.226 e. The molecule has 0 unspecified atom stereocenters. The number of nitrogens with zero attached hydrogens (tertiary/aromatic N) is 1. The fraction of sp³-hybridized carbons (Fsp3) is 0.391. The van der Waals surface area contributed by atoms with Gasteiger partial charge in [-0.2, -0.15) is 0 Å². The average molecular weight is 396 g/mol. The molecule has 2 fully saturated rings. The Morgan fingerprint density at radius 3 is 2.72 bits per heavy atom. The number of hydrogen-bond donors (Lipinski definition) is 1. The van der Waals surface area contributed by atoms with Crippen LogP contribution in [0.5, 0.6) is 5.75 Å². The minimum absolute atomic E-state index is 0.0156. The van der Waals surface area contributed by atoms with Gasteiger partial charge < -0.3 is 15.0 Å². The number of nitrogens with one attached hydrogen (secondary N) is 1. The molecule has 5 nitrogen and oxygen atoms in total. The van der Waals surface area contributed by atoms with Crippen molar-refractivity contribution >= 4 is 11.8 Å². The highest BCUT2D eigenvalue weighted by atomic mass is 19.1. The van der Waals surface area contributed by atoms with E-state index in [0.29, 0.717) is 16.9 Å². The van der Waals surface area contributed by atoms with Gasteiger partial charge in [-0.15, -0.1) is 0 Å². The van der Waals surface area contributed by atoms with Gasteiger partial charge in [0, 0.05) is 19.0 Å². The van der Waals surface area contributed by atoms with Crippen LogP contribution in [0.3, 0.4) is 0 Å². The quantitative estimate of drug-likeness (QED) is 0.813. The van der Waals surface area contributed by atoms with Crippen molar-refractivity contribution in [3.63, 3.8) is 0 Å². The molecule has 1 N–H and O–H groups in total. The van der Waals surface area contributed by atoms with Gasteiger partial charge in [0.1, 0.15) is 11.6 Å². The predicted octanol–water partition coefficient (Wildman–Crippen LogP) is 3.51. The van der Waals surface area contributed by atoms with E-state index in [1.807, 2.05) is 29.2 Å². The molecule has 2 amide bonds. The number of methoxy groups -OCH3 is 1. The number of halogens is 1. The van der Waals surface area contributed by atoms with Gasteiger partial charge in [-0.25, -0.2) is 4.39 Å². The van der Waals surface area contributed by atoms with Crippen molar-refractivity contribution in [2.24, 2.45) is 5.92 Å². The summed E-state index contributed by atoms with van der Waals surface area (Å²) in [6.07, 6.45) is 2.14. The van der Waals surface area contributed by atoms with Crippen LogP contribution in [0.4, 0.5) is 4.39 Å². The molecule has 29 heavy (non-hydrogen) atoms. The lowest BCUT2D eigenvalue weighted by atomic mass is 9.92. The first kappa shape index (κ1) is 19.4. The number of benzene rings is 2. The van der Waals surface area contributed by atoms with Crippen LogP contribution in [-0.4, -0.2) is 29.9 Å². The fourth-order valence-electron chi connectivity index (χ4n) is 4.06. The molecule has 2 aliphatic rings. The normalized spacial score (nSPS) is 21.3. The highest BCUT2D eigenvalue weighted by Crippen LogP contribution is 2.45. The van der Waals surface area contributed by atoms with Crippen LogP contribution in [0, 0.1) is 18.7 Å². The molecular formula is C23H25FN2O3. The predicted molar refractivity (Wildman–Crippen MR) is 107 cm³/mol. The first-order chi connectivity index (χ1) is 14.0. The molecule has 0 radical (unpaired) electrons. The number of rotatable bonds is 6. The molecule has 6 heteroatoms. The number of aryl methyl sites for hydroxylation is 1. The maximum Gasteiger partial charge on any atom is 0.226 e. The van der Waals surface area contributed by atoms with Crippen molar-refractivity contribution in [2.75, 3.05) is 7.11 Å². The first-order valence-electron chi connectivity index (χ1n) is 9.96. The maximum atomic E-state index is 13.8. The summed E-state index contributed by atoms with van der Waals surface area (Å²) in [7, 11) is 1.60. The van der Waals surface area contributed by atoms with E-state index in [4.69, 9.17) is 4.74 Å². The van der Waals surface area contributed by atoms with Crippen LogP contribution in [-0.2, 0) is 16.1 Å². The zero-order chi connectivity index (χ0) is 20.5. The van der Waals surface area contributed by atoms with Gasteiger partial charge in [0.25, 0.3) is 0 Å². The highest BCUT2D eigenvalue weighted by molar-refractivity contribution is 5.90. The van der Waals surface area contributed by atoms with Gasteiger partial charge in [0.2, 0.25) is 11.8 Å². The molecular weight excluding hydrogens is 371 g/mol. The number of ether oxygens (including phenoxy) is 1. The summed E-state index contributed by atoms with van der Waals surface area (Å²) in [4.78, 5) is 27.6. The third-order valence-electron chi connectivity index (χ3n) is 5.78. The second-order valence-corrected chi connectivity index (χ2v) is 7.87. The zero-order valence-corrected chi connectivity index (χ0v) is 16.7. The van der Waals surface area contributed by atoms with Crippen molar-refractivity contribution < 1.29 is 18.7 Å². The topological polar surface area (TPSA) is 58.6 Å². The second-order valence-electron chi connectivity index (χ2n) is 7.87. The average Bonchev–Trinajstić information content (AvgIpc) is 3.50. The van der Waals surface area contributed by atoms with Crippen molar-refractivity contribution in [1.82, 2.24) is 10.2 Å². The molecule has 2 atom stereocenters. The largest absolute Gasteiger partial charge is 0.497 e. The Labute approximate surface area is 169 Å². The fourth-order valence-corrected chi connectivity index (χ4v) is 4.06. The maximum absolute atomic E-state index is 13.8. The van der Waals surface area contributed by atoms with Crippen LogP contribution >= 0.6 is 0 Å². The SMILES string of the molecule is COc1cccc([C@@H]2[C@H](C(=O)NCc3ccc(C)c(F)c3)CC(=O)N2C2CC2)c1. The van der Waals surface area contributed by atoms with Crippen LogP contribution < -0.4 is 10.1 Å². The van der Waals surface area contributed by atoms with Gasteiger partial charge in [-0.3, -0.25) is 9.59 Å². The minimum atomic E-state index is -0.481. The summed E-state index contributed by atoms with van der Waals surface area (Å²) in [5, 5.41) is 2.90. The Hall–Kier alpha value is -2.89. The molecule has 1 saturated carbocycles. The lowest BCUT2D eigenvalue weighted by Crippen LogP contribution is -2.36. The molecule has 0 bridgehead atoms. The van der Waals surface area contributed by atoms with Gasteiger partial charge in [0.15, 0.2) is 0 Å². The highest BCUT2D eigenvalue weighted by Gasteiger charge is 2.49. The standard InChI is InChI=1S/C23H25FN2O3/c1-14-6-7-15(10-20(14)24)13-25-23(28)19-12-21(27)26(17-8-9-17)22(19)16-4-3-5-18(11-16)29-2/h3-7,10-11,17,19,22H,8-9,12-13H2,1-2H3,(H,25,28)/t19-,22-/m1/s1. The monoisotopic (exact) mass is 396 g/mol. The van der Waals surface area contributed by atoms with E-state index in [9.17, 15) is 14.0 Å². The van der Waals surface area contributed by atoms with E-state index in [2.05, 4.69) is 5.32 Å². The number of amides is 2. The summed E-state index contributed by atoms with van der Waals surface area (Å²) in [6.45, 7) is 1.93. The van der Waals surface area contributed by atoms with E-state index in [1.165, 1.54) is 6.07 Å². The lowest BCUT2D eigenvalue weighted by Gasteiger charge is -2.28. The first-order valence-corrected chi connectivity index (χ1v) is 9.96. The third kappa shape index (κ3) is 3.97. The molecule has 4 rings (SSSR count). The number of hydrogen-bond acceptors (Lipinski definition) is 3. The number of likely N-dealkylation sites (tertiary alicyclic amines) is 1. The van der Waals surface area contributed by atoms with Crippen molar-refractivity contribution in [3.8, 4) is 5.75 Å².